The molecular formula is C24H32N4O3S. The number of hydrogen-bond acceptors (Lipinski definition) is 6. The fourth-order valence-corrected chi connectivity index (χ4v) is 5.05. The number of carbonyl (C=O) groups excluding carboxylic acids is 3. The SMILES string of the molecule is Cc1cccc(C(=O)Nc2nc3c(s2)C(=O)CC(C(=O)NCC(C)(C)CN(C)C)C3)c1C. The van der Waals surface area contributed by atoms with Gasteiger partial charge in [-0.25, -0.2) is 4.98 Å². The molecular weight excluding hydrogens is 424 g/mol. The number of anilines is 1. The molecule has 8 heteroatoms. The molecule has 0 radical (unpaired) electrons. The summed E-state index contributed by atoms with van der Waals surface area (Å²) in [6.45, 7) is 9.45. The van der Waals surface area contributed by atoms with Crippen LogP contribution in [0.25, 0.3) is 0 Å². The Balaban J connectivity index is 1.67. The van der Waals surface area contributed by atoms with E-state index in [2.05, 4.69) is 34.4 Å². The third kappa shape index (κ3) is 5.61. The van der Waals surface area contributed by atoms with Gasteiger partial charge >= 0.3 is 0 Å². The van der Waals surface area contributed by atoms with Gasteiger partial charge in [-0.1, -0.05) is 37.3 Å². The number of Topliss-reactive ketones (excluding diaryl/α,β-unsaturated/α-hetero) is 1. The Kier molecular flexibility index (Phi) is 7.15. The molecule has 1 aliphatic rings. The number of fused-ring (bicyclic) bond motifs is 1. The number of rotatable bonds is 7. The summed E-state index contributed by atoms with van der Waals surface area (Å²) in [5.41, 5.74) is 3.05. The van der Waals surface area contributed by atoms with Crippen LogP contribution >= 0.6 is 11.3 Å². The Hall–Kier alpha value is -2.58. The number of hydrogen-bond donors (Lipinski definition) is 2. The predicted octanol–water partition coefficient (Wildman–Crippen LogP) is 3.46. The number of carbonyl (C=O) groups is 3. The normalized spacial score (nSPS) is 16.1. The first-order valence-electron chi connectivity index (χ1n) is 10.8. The van der Waals surface area contributed by atoms with Crippen LogP contribution in [0.5, 0.6) is 0 Å². The Labute approximate surface area is 193 Å². The average molecular weight is 457 g/mol. The lowest BCUT2D eigenvalue weighted by Gasteiger charge is -2.29. The highest BCUT2D eigenvalue weighted by Crippen LogP contribution is 2.33. The van der Waals surface area contributed by atoms with Crippen molar-refractivity contribution in [1.29, 1.82) is 0 Å². The molecule has 0 aliphatic heterocycles. The number of aromatic nitrogens is 1. The summed E-state index contributed by atoms with van der Waals surface area (Å²) >= 11 is 1.18. The Morgan fingerprint density at radius 1 is 1.22 bits per heavy atom. The topological polar surface area (TPSA) is 91.4 Å². The maximum absolute atomic E-state index is 12.8. The Morgan fingerprint density at radius 3 is 2.62 bits per heavy atom. The van der Waals surface area contributed by atoms with Gasteiger partial charge in [0.15, 0.2) is 10.9 Å². The lowest BCUT2D eigenvalue weighted by Crippen LogP contribution is -2.43. The number of ketones is 1. The van der Waals surface area contributed by atoms with Crippen molar-refractivity contribution in [2.75, 3.05) is 32.5 Å². The zero-order chi connectivity index (χ0) is 23.6. The van der Waals surface area contributed by atoms with Crippen LogP contribution in [0, 0.1) is 25.2 Å². The molecule has 0 spiro atoms. The van der Waals surface area contributed by atoms with Crippen molar-refractivity contribution < 1.29 is 14.4 Å². The summed E-state index contributed by atoms with van der Waals surface area (Å²) in [4.78, 5) is 45.3. The second-order valence-electron chi connectivity index (χ2n) is 9.64. The van der Waals surface area contributed by atoms with E-state index in [0.717, 1.165) is 17.7 Å². The van der Waals surface area contributed by atoms with E-state index in [-0.39, 0.29) is 29.4 Å². The van der Waals surface area contributed by atoms with Gasteiger partial charge in [0.25, 0.3) is 5.91 Å². The van der Waals surface area contributed by atoms with Crippen LogP contribution in [0.1, 0.15) is 57.1 Å². The molecule has 0 saturated carbocycles. The van der Waals surface area contributed by atoms with Gasteiger partial charge in [-0.15, -0.1) is 0 Å². The molecule has 172 valence electrons. The van der Waals surface area contributed by atoms with E-state index >= 15 is 0 Å². The van der Waals surface area contributed by atoms with Gasteiger partial charge in [0.2, 0.25) is 5.91 Å². The van der Waals surface area contributed by atoms with E-state index in [0.29, 0.717) is 34.2 Å². The third-order valence-corrected chi connectivity index (χ3v) is 6.80. The van der Waals surface area contributed by atoms with Gasteiger partial charge in [-0.2, -0.15) is 0 Å². The highest BCUT2D eigenvalue weighted by atomic mass is 32.1. The van der Waals surface area contributed by atoms with Crippen molar-refractivity contribution >= 4 is 34.1 Å². The maximum Gasteiger partial charge on any atom is 0.257 e. The van der Waals surface area contributed by atoms with Crippen LogP contribution in [-0.2, 0) is 11.2 Å². The first-order chi connectivity index (χ1) is 15.0. The van der Waals surface area contributed by atoms with Crippen molar-refractivity contribution in [3.63, 3.8) is 0 Å². The number of aryl methyl sites for hydroxylation is 1. The van der Waals surface area contributed by atoms with Crippen molar-refractivity contribution in [2.45, 2.75) is 40.5 Å². The van der Waals surface area contributed by atoms with E-state index in [1.54, 1.807) is 6.07 Å². The zero-order valence-electron chi connectivity index (χ0n) is 19.7. The molecule has 7 nitrogen and oxygen atoms in total. The molecule has 2 aromatic rings. The van der Waals surface area contributed by atoms with Gasteiger partial charge in [0.1, 0.15) is 0 Å². The molecule has 3 rings (SSSR count). The van der Waals surface area contributed by atoms with E-state index < -0.39 is 5.92 Å². The molecule has 0 bridgehead atoms. The fraction of sp³-hybridized carbons (Fsp3) is 0.500. The monoisotopic (exact) mass is 456 g/mol. The summed E-state index contributed by atoms with van der Waals surface area (Å²) < 4.78 is 0. The molecule has 1 aliphatic carbocycles. The lowest BCUT2D eigenvalue weighted by atomic mass is 9.88. The molecule has 2 N–H and O–H groups in total. The minimum Gasteiger partial charge on any atom is -0.355 e. The van der Waals surface area contributed by atoms with Crippen molar-refractivity contribution in [3.8, 4) is 0 Å². The van der Waals surface area contributed by atoms with E-state index in [9.17, 15) is 14.4 Å². The van der Waals surface area contributed by atoms with Crippen LogP contribution in [0.4, 0.5) is 5.13 Å². The van der Waals surface area contributed by atoms with Crippen LogP contribution in [0.15, 0.2) is 18.2 Å². The number of nitrogens with zero attached hydrogens (tertiary/aromatic N) is 2. The van der Waals surface area contributed by atoms with Crippen molar-refractivity contribution in [1.82, 2.24) is 15.2 Å². The van der Waals surface area contributed by atoms with Gasteiger partial charge in [0.05, 0.1) is 16.5 Å². The molecule has 32 heavy (non-hydrogen) atoms. The first-order valence-corrected chi connectivity index (χ1v) is 11.6. The second-order valence-corrected chi connectivity index (χ2v) is 10.6. The number of benzene rings is 1. The fourth-order valence-electron chi connectivity index (χ4n) is 4.11. The summed E-state index contributed by atoms with van der Waals surface area (Å²) in [5, 5.41) is 6.22. The summed E-state index contributed by atoms with van der Waals surface area (Å²) in [5.74, 6) is -0.898. The van der Waals surface area contributed by atoms with Crippen LogP contribution in [0.2, 0.25) is 0 Å². The van der Waals surface area contributed by atoms with Crippen molar-refractivity contribution in [3.05, 3.63) is 45.5 Å². The van der Waals surface area contributed by atoms with Gasteiger partial charge in [-0.05, 0) is 50.6 Å². The quantitative estimate of drug-likeness (QED) is 0.666. The highest BCUT2D eigenvalue weighted by Gasteiger charge is 2.34. The predicted molar refractivity (Wildman–Crippen MR) is 127 cm³/mol. The zero-order valence-corrected chi connectivity index (χ0v) is 20.5. The molecule has 0 fully saturated rings. The van der Waals surface area contributed by atoms with Crippen LogP contribution in [0.3, 0.4) is 0 Å². The number of thiazole rings is 1. The average Bonchev–Trinajstić information content (AvgIpc) is 3.10. The maximum atomic E-state index is 12.8. The van der Waals surface area contributed by atoms with Gasteiger partial charge in [0, 0.05) is 31.5 Å². The molecule has 1 aromatic carbocycles. The molecule has 1 aromatic heterocycles. The van der Waals surface area contributed by atoms with E-state index in [1.807, 2.05) is 40.1 Å². The smallest absolute Gasteiger partial charge is 0.257 e. The van der Waals surface area contributed by atoms with Gasteiger partial charge in [-0.3, -0.25) is 19.7 Å². The third-order valence-electron chi connectivity index (χ3n) is 5.75. The van der Waals surface area contributed by atoms with Crippen LogP contribution < -0.4 is 10.6 Å². The number of amides is 2. The summed E-state index contributed by atoms with van der Waals surface area (Å²) in [7, 11) is 4.01. The molecule has 0 saturated heterocycles. The minimum atomic E-state index is -0.435. The summed E-state index contributed by atoms with van der Waals surface area (Å²) in [6.07, 6.45) is 0.566. The van der Waals surface area contributed by atoms with E-state index in [4.69, 9.17) is 0 Å². The summed E-state index contributed by atoms with van der Waals surface area (Å²) in [6, 6.07) is 5.57. The largest absolute Gasteiger partial charge is 0.355 e. The molecule has 1 atom stereocenters. The standard InChI is InChI=1S/C24H32N4O3S/c1-14-8-7-9-17(15(14)2)22(31)27-23-26-18-10-16(11-19(29)20(18)32-23)21(30)25-12-24(3,4)13-28(5)6/h7-9,16H,10-13H2,1-6H3,(H,25,30)(H,26,27,31). The second kappa shape index (κ2) is 9.50. The van der Waals surface area contributed by atoms with E-state index in [1.165, 1.54) is 11.3 Å². The Morgan fingerprint density at radius 2 is 1.94 bits per heavy atom. The molecule has 1 heterocycles. The first kappa shape index (κ1) is 24.1. The van der Waals surface area contributed by atoms with Crippen molar-refractivity contribution in [2.24, 2.45) is 11.3 Å². The highest BCUT2D eigenvalue weighted by molar-refractivity contribution is 7.17. The van der Waals surface area contributed by atoms with Crippen LogP contribution in [-0.4, -0.2) is 54.7 Å². The van der Waals surface area contributed by atoms with Gasteiger partial charge < -0.3 is 10.2 Å². The molecule has 2 amide bonds. The minimum absolute atomic E-state index is 0.0744. The lowest BCUT2D eigenvalue weighted by molar-refractivity contribution is -0.125. The Bertz CT molecular complexity index is 1040. The number of nitrogens with one attached hydrogen (secondary N) is 2. The molecule has 1 unspecified atom stereocenters.